The Morgan fingerprint density at radius 3 is 2.50 bits per heavy atom. The highest BCUT2D eigenvalue weighted by Gasteiger charge is 2.22. The van der Waals surface area contributed by atoms with Crippen molar-refractivity contribution in [2.45, 2.75) is 51.5 Å². The lowest BCUT2D eigenvalue weighted by Crippen LogP contribution is -2.27. The molecule has 2 aromatic rings. The number of hydrogen-bond donors (Lipinski definition) is 4. The molecule has 2 rings (SSSR count). The predicted octanol–water partition coefficient (Wildman–Crippen LogP) is 2.76. The highest BCUT2D eigenvalue weighted by molar-refractivity contribution is 9.10. The molecule has 0 aliphatic rings. The minimum atomic E-state index is -1.15. The van der Waals surface area contributed by atoms with E-state index < -0.39 is 24.6 Å². The summed E-state index contributed by atoms with van der Waals surface area (Å²) < 4.78 is 2.18. The highest BCUT2D eigenvalue weighted by atomic mass is 79.9. The zero-order valence-electron chi connectivity index (χ0n) is 16.8. The predicted molar refractivity (Wildman–Crippen MR) is 116 cm³/mol. The Morgan fingerprint density at radius 2 is 1.90 bits per heavy atom. The van der Waals surface area contributed by atoms with Crippen molar-refractivity contribution in [1.82, 2.24) is 14.9 Å². The summed E-state index contributed by atoms with van der Waals surface area (Å²) in [6.07, 6.45) is 0.294. The molecule has 8 nitrogen and oxygen atoms in total. The van der Waals surface area contributed by atoms with Crippen LogP contribution >= 0.6 is 15.9 Å². The number of carboxylic acid groups (broad SMARTS) is 1. The second-order valence-electron chi connectivity index (χ2n) is 7.16. The van der Waals surface area contributed by atoms with E-state index in [2.05, 4.69) is 26.2 Å². The molecule has 9 heteroatoms. The Balaban J connectivity index is 2.15. The SMILES string of the molecule is CC(C)n1c(C(=O)NCc2ccccc2)nc(Br)c1C=C[C@@H](O)C[C@@H](O)CC(=O)O. The van der Waals surface area contributed by atoms with Crippen molar-refractivity contribution in [2.75, 3.05) is 0 Å². The molecule has 0 saturated carbocycles. The summed E-state index contributed by atoms with van der Waals surface area (Å²) in [6, 6.07) is 9.44. The Kier molecular flexibility index (Phi) is 8.76. The van der Waals surface area contributed by atoms with Crippen molar-refractivity contribution in [2.24, 2.45) is 0 Å². The van der Waals surface area contributed by atoms with Crippen LogP contribution in [0.1, 0.15) is 54.6 Å². The maximum absolute atomic E-state index is 12.7. The number of imidazole rings is 1. The van der Waals surface area contributed by atoms with E-state index in [1.165, 1.54) is 6.08 Å². The minimum absolute atomic E-state index is 0.0873. The van der Waals surface area contributed by atoms with Crippen molar-refractivity contribution in [1.29, 1.82) is 0 Å². The average molecular weight is 480 g/mol. The third-order valence-corrected chi connectivity index (χ3v) is 4.90. The van der Waals surface area contributed by atoms with E-state index in [4.69, 9.17) is 5.11 Å². The zero-order chi connectivity index (χ0) is 22.3. The van der Waals surface area contributed by atoms with Crippen LogP contribution in [0, 0.1) is 0 Å². The van der Waals surface area contributed by atoms with Gasteiger partial charge in [0.2, 0.25) is 5.82 Å². The molecule has 162 valence electrons. The van der Waals surface area contributed by atoms with Crippen molar-refractivity contribution in [3.05, 3.63) is 58.1 Å². The number of aliphatic hydroxyl groups is 2. The summed E-state index contributed by atoms with van der Waals surface area (Å²) in [5.74, 6) is -1.23. The van der Waals surface area contributed by atoms with Crippen LogP contribution in [0.2, 0.25) is 0 Å². The van der Waals surface area contributed by atoms with Crippen molar-refractivity contribution < 1.29 is 24.9 Å². The van der Waals surface area contributed by atoms with Gasteiger partial charge in [-0.3, -0.25) is 9.59 Å². The molecule has 0 aliphatic heterocycles. The summed E-state index contributed by atoms with van der Waals surface area (Å²) in [5, 5.41) is 31.3. The molecule has 1 aromatic carbocycles. The molecule has 0 spiro atoms. The number of nitrogens with zero attached hydrogens (tertiary/aromatic N) is 2. The van der Waals surface area contributed by atoms with Gasteiger partial charge >= 0.3 is 5.97 Å². The van der Waals surface area contributed by atoms with Gasteiger partial charge in [0.25, 0.3) is 5.91 Å². The Bertz CT molecular complexity index is 896. The normalized spacial score (nSPS) is 13.5. The van der Waals surface area contributed by atoms with Crippen LogP contribution in [0.4, 0.5) is 0 Å². The number of hydrogen-bond acceptors (Lipinski definition) is 5. The Morgan fingerprint density at radius 1 is 1.23 bits per heavy atom. The summed E-state index contributed by atoms with van der Waals surface area (Å²) >= 11 is 3.36. The van der Waals surface area contributed by atoms with Crippen LogP contribution in [0.5, 0.6) is 0 Å². The largest absolute Gasteiger partial charge is 0.481 e. The number of benzene rings is 1. The fraction of sp³-hybridized carbons (Fsp3) is 0.381. The fourth-order valence-corrected chi connectivity index (χ4v) is 3.44. The first-order chi connectivity index (χ1) is 14.2. The number of rotatable bonds is 10. The number of carbonyl (C=O) groups is 2. The highest BCUT2D eigenvalue weighted by Crippen LogP contribution is 2.24. The van der Waals surface area contributed by atoms with Crippen LogP contribution in [0.3, 0.4) is 0 Å². The van der Waals surface area contributed by atoms with Crippen LogP contribution < -0.4 is 5.32 Å². The molecule has 2 atom stereocenters. The second-order valence-corrected chi connectivity index (χ2v) is 7.91. The summed E-state index contributed by atoms with van der Waals surface area (Å²) in [7, 11) is 0. The van der Waals surface area contributed by atoms with Crippen LogP contribution in [0.15, 0.2) is 41.0 Å². The molecular formula is C21H26BrN3O5. The molecule has 0 bridgehead atoms. The standard InChI is InChI=1S/C21H26BrN3O5/c1-13(2)25-17(9-8-15(26)10-16(27)11-18(28)29)19(22)24-20(25)21(30)23-12-14-6-4-3-5-7-14/h3-9,13,15-16,26-27H,10-12H2,1-2H3,(H,23,30)(H,28,29)/t15-,16-/m1/s1. The summed E-state index contributed by atoms with van der Waals surface area (Å²) in [5.41, 5.74) is 1.55. The first kappa shape index (κ1) is 23.8. The van der Waals surface area contributed by atoms with Gasteiger partial charge in [-0.05, 0) is 41.4 Å². The van der Waals surface area contributed by atoms with Crippen molar-refractivity contribution in [3.8, 4) is 0 Å². The third-order valence-electron chi connectivity index (χ3n) is 4.32. The Labute approximate surface area is 183 Å². The van der Waals surface area contributed by atoms with Crippen molar-refractivity contribution in [3.63, 3.8) is 0 Å². The molecule has 0 aliphatic carbocycles. The van der Waals surface area contributed by atoms with Gasteiger partial charge in [0, 0.05) is 19.0 Å². The molecule has 0 saturated heterocycles. The van der Waals surface area contributed by atoms with Gasteiger partial charge in [-0.2, -0.15) is 0 Å². The van der Waals surface area contributed by atoms with E-state index in [-0.39, 0.29) is 24.2 Å². The molecule has 1 amide bonds. The number of aliphatic hydroxyl groups excluding tert-OH is 2. The smallest absolute Gasteiger partial charge is 0.305 e. The van der Waals surface area contributed by atoms with Gasteiger partial charge in [0.05, 0.1) is 24.3 Å². The molecule has 1 heterocycles. The first-order valence-electron chi connectivity index (χ1n) is 9.55. The van der Waals surface area contributed by atoms with E-state index in [0.717, 1.165) is 5.56 Å². The number of carboxylic acids is 1. The molecule has 0 unspecified atom stereocenters. The van der Waals surface area contributed by atoms with E-state index in [1.54, 1.807) is 10.6 Å². The number of carbonyl (C=O) groups excluding carboxylic acids is 1. The lowest BCUT2D eigenvalue weighted by atomic mass is 10.1. The second kappa shape index (κ2) is 11.1. The average Bonchev–Trinajstić information content (AvgIpc) is 3.01. The monoisotopic (exact) mass is 479 g/mol. The number of aliphatic carboxylic acids is 1. The lowest BCUT2D eigenvalue weighted by Gasteiger charge is -2.15. The maximum atomic E-state index is 12.7. The molecule has 4 N–H and O–H groups in total. The van der Waals surface area contributed by atoms with Crippen LogP contribution in [-0.4, -0.2) is 49.0 Å². The minimum Gasteiger partial charge on any atom is -0.481 e. The van der Waals surface area contributed by atoms with E-state index >= 15 is 0 Å². The van der Waals surface area contributed by atoms with E-state index in [0.29, 0.717) is 16.8 Å². The third kappa shape index (κ3) is 6.79. The number of halogens is 1. The van der Waals surface area contributed by atoms with Crippen LogP contribution in [0.25, 0.3) is 6.08 Å². The number of amides is 1. The van der Waals surface area contributed by atoms with Gasteiger partial charge in [0.15, 0.2) is 0 Å². The van der Waals surface area contributed by atoms with Gasteiger partial charge in [-0.15, -0.1) is 0 Å². The Hall–Kier alpha value is -2.49. The molecule has 30 heavy (non-hydrogen) atoms. The molecule has 0 radical (unpaired) electrons. The molecule has 1 aromatic heterocycles. The topological polar surface area (TPSA) is 125 Å². The first-order valence-corrected chi connectivity index (χ1v) is 10.3. The fourth-order valence-electron chi connectivity index (χ4n) is 2.95. The maximum Gasteiger partial charge on any atom is 0.305 e. The summed E-state index contributed by atoms with van der Waals surface area (Å²) in [4.78, 5) is 27.7. The van der Waals surface area contributed by atoms with Gasteiger partial charge in [-0.1, -0.05) is 36.4 Å². The van der Waals surface area contributed by atoms with Crippen LogP contribution in [-0.2, 0) is 11.3 Å². The zero-order valence-corrected chi connectivity index (χ0v) is 18.4. The lowest BCUT2D eigenvalue weighted by molar-refractivity contribution is -0.139. The molecular weight excluding hydrogens is 454 g/mol. The number of nitrogens with one attached hydrogen (secondary N) is 1. The van der Waals surface area contributed by atoms with Gasteiger partial charge in [0.1, 0.15) is 4.60 Å². The van der Waals surface area contributed by atoms with E-state index in [9.17, 15) is 19.8 Å². The van der Waals surface area contributed by atoms with E-state index in [1.807, 2.05) is 44.2 Å². The van der Waals surface area contributed by atoms with Gasteiger partial charge < -0.3 is 25.2 Å². The molecule has 0 fully saturated rings. The van der Waals surface area contributed by atoms with Crippen molar-refractivity contribution >= 4 is 33.9 Å². The van der Waals surface area contributed by atoms with Gasteiger partial charge in [-0.25, -0.2) is 4.98 Å². The quantitative estimate of drug-likeness (QED) is 0.415. The number of aromatic nitrogens is 2. The summed E-state index contributed by atoms with van der Waals surface area (Å²) in [6.45, 7) is 4.19.